The first-order chi connectivity index (χ1) is 5.70. The highest BCUT2D eigenvalue weighted by Crippen LogP contribution is 2.47. The zero-order valence-electron chi connectivity index (χ0n) is 9.14. The zero-order valence-corrected chi connectivity index (χ0v) is 9.14. The molecule has 0 bridgehead atoms. The Kier molecular flexibility index (Phi) is 3.61. The van der Waals surface area contributed by atoms with Gasteiger partial charge in [-0.1, -0.05) is 47.0 Å². The molecule has 1 aliphatic carbocycles. The monoisotopic (exact) mass is 168 g/mol. The second kappa shape index (κ2) is 4.30. The quantitative estimate of drug-likeness (QED) is 0.592. The molecule has 1 saturated carbocycles. The van der Waals surface area contributed by atoms with Gasteiger partial charge in [-0.2, -0.15) is 0 Å². The largest absolute Gasteiger partial charge is 0.0654 e. The Bertz CT molecular complexity index is 126. The van der Waals surface area contributed by atoms with Crippen LogP contribution in [0.1, 0.15) is 53.4 Å². The molecule has 0 aliphatic heterocycles. The predicted molar refractivity (Wildman–Crippen MR) is 55.1 cm³/mol. The van der Waals surface area contributed by atoms with Crippen molar-refractivity contribution in [3.05, 3.63) is 0 Å². The summed E-state index contributed by atoms with van der Waals surface area (Å²) in [4.78, 5) is 0. The van der Waals surface area contributed by atoms with Crippen molar-refractivity contribution in [1.29, 1.82) is 0 Å². The van der Waals surface area contributed by atoms with Gasteiger partial charge in [0, 0.05) is 0 Å². The summed E-state index contributed by atoms with van der Waals surface area (Å²) in [5.41, 5.74) is 0. The van der Waals surface area contributed by atoms with Crippen LogP contribution < -0.4 is 0 Å². The Morgan fingerprint density at radius 1 is 1.33 bits per heavy atom. The fourth-order valence-corrected chi connectivity index (χ4v) is 2.79. The van der Waals surface area contributed by atoms with Crippen LogP contribution in [0.3, 0.4) is 0 Å². The Hall–Kier alpha value is 0. The van der Waals surface area contributed by atoms with Crippen molar-refractivity contribution >= 4 is 0 Å². The third kappa shape index (κ3) is 1.84. The average Bonchev–Trinajstić information content (AvgIpc) is 2.09. The fraction of sp³-hybridized carbons (Fsp3) is 1.00. The minimum absolute atomic E-state index is 0.970. The lowest BCUT2D eigenvalue weighted by atomic mass is 9.59. The first kappa shape index (κ1) is 10.1. The summed E-state index contributed by atoms with van der Waals surface area (Å²) in [7, 11) is 0. The van der Waals surface area contributed by atoms with E-state index >= 15 is 0 Å². The van der Waals surface area contributed by atoms with Crippen molar-refractivity contribution in [3.8, 4) is 0 Å². The molecule has 0 nitrogen and oxygen atoms in total. The number of hydrogen-bond acceptors (Lipinski definition) is 0. The van der Waals surface area contributed by atoms with Crippen LogP contribution in [0.5, 0.6) is 0 Å². The Labute approximate surface area is 77.7 Å². The Morgan fingerprint density at radius 2 is 2.00 bits per heavy atom. The molecule has 72 valence electrons. The predicted octanol–water partition coefficient (Wildman–Crippen LogP) is 4.10. The van der Waals surface area contributed by atoms with E-state index in [2.05, 4.69) is 27.7 Å². The van der Waals surface area contributed by atoms with Crippen LogP contribution in [0.25, 0.3) is 0 Å². The maximum Gasteiger partial charge on any atom is -0.0355 e. The highest BCUT2D eigenvalue weighted by molar-refractivity contribution is 4.88. The lowest BCUT2D eigenvalue weighted by Gasteiger charge is -2.46. The maximum absolute atomic E-state index is 2.43. The molecule has 0 saturated heterocycles. The smallest absolute Gasteiger partial charge is 0.0355 e. The summed E-state index contributed by atoms with van der Waals surface area (Å²) in [5.74, 6) is 4.11. The molecule has 1 rings (SSSR count). The van der Waals surface area contributed by atoms with E-state index in [1.54, 1.807) is 0 Å². The summed E-state index contributed by atoms with van der Waals surface area (Å²) in [6.45, 7) is 9.51. The van der Waals surface area contributed by atoms with Crippen LogP contribution in [-0.4, -0.2) is 0 Å². The molecule has 0 heteroatoms. The zero-order chi connectivity index (χ0) is 9.14. The lowest BCUT2D eigenvalue weighted by molar-refractivity contribution is 0.0318. The molecule has 4 atom stereocenters. The fourth-order valence-electron chi connectivity index (χ4n) is 2.79. The van der Waals surface area contributed by atoms with Gasteiger partial charge in [0.25, 0.3) is 0 Å². The van der Waals surface area contributed by atoms with Crippen molar-refractivity contribution in [2.45, 2.75) is 53.4 Å². The third-order valence-corrected chi connectivity index (χ3v) is 3.92. The van der Waals surface area contributed by atoms with Gasteiger partial charge < -0.3 is 0 Å². The molecule has 0 amide bonds. The van der Waals surface area contributed by atoms with E-state index in [1.807, 2.05) is 0 Å². The second-order valence-corrected chi connectivity index (χ2v) is 4.71. The lowest BCUT2D eigenvalue weighted by Crippen LogP contribution is -2.38. The van der Waals surface area contributed by atoms with Crippen molar-refractivity contribution < 1.29 is 0 Å². The van der Waals surface area contributed by atoms with E-state index in [0.29, 0.717) is 0 Å². The van der Waals surface area contributed by atoms with Crippen LogP contribution in [0.2, 0.25) is 0 Å². The van der Waals surface area contributed by atoms with Crippen molar-refractivity contribution in [1.82, 2.24) is 0 Å². The van der Waals surface area contributed by atoms with E-state index in [4.69, 9.17) is 0 Å². The van der Waals surface area contributed by atoms with Gasteiger partial charge in [0.15, 0.2) is 0 Å². The SMILES string of the molecule is CCCC1C(C)CC1C(C)CC. The summed E-state index contributed by atoms with van der Waals surface area (Å²) < 4.78 is 0. The van der Waals surface area contributed by atoms with Gasteiger partial charge in [0.1, 0.15) is 0 Å². The van der Waals surface area contributed by atoms with Gasteiger partial charge in [-0.25, -0.2) is 0 Å². The molecule has 1 fully saturated rings. The summed E-state index contributed by atoms with van der Waals surface area (Å²) in [5, 5.41) is 0. The molecule has 0 spiro atoms. The molecular weight excluding hydrogens is 144 g/mol. The minimum atomic E-state index is 0.970. The van der Waals surface area contributed by atoms with E-state index < -0.39 is 0 Å². The summed E-state index contributed by atoms with van der Waals surface area (Å²) >= 11 is 0. The average molecular weight is 168 g/mol. The number of rotatable bonds is 4. The van der Waals surface area contributed by atoms with Crippen LogP contribution in [0.15, 0.2) is 0 Å². The molecule has 0 aromatic rings. The molecule has 0 N–H and O–H groups in total. The van der Waals surface area contributed by atoms with Gasteiger partial charge in [0.2, 0.25) is 0 Å². The first-order valence-electron chi connectivity index (χ1n) is 5.70. The minimum Gasteiger partial charge on any atom is -0.0654 e. The van der Waals surface area contributed by atoms with E-state index in [1.165, 1.54) is 25.7 Å². The standard InChI is InChI=1S/C12H24/c1-5-7-11-10(4)8-12(11)9(3)6-2/h9-12H,5-8H2,1-4H3. The van der Waals surface area contributed by atoms with Crippen molar-refractivity contribution in [3.63, 3.8) is 0 Å². The van der Waals surface area contributed by atoms with Crippen LogP contribution in [0.4, 0.5) is 0 Å². The van der Waals surface area contributed by atoms with Gasteiger partial charge in [-0.15, -0.1) is 0 Å². The molecule has 0 aromatic heterocycles. The number of hydrogen-bond donors (Lipinski definition) is 0. The molecule has 4 unspecified atom stereocenters. The van der Waals surface area contributed by atoms with Crippen molar-refractivity contribution in [2.24, 2.45) is 23.7 Å². The normalized spacial score (nSPS) is 37.5. The Morgan fingerprint density at radius 3 is 2.42 bits per heavy atom. The molecule has 12 heavy (non-hydrogen) atoms. The van der Waals surface area contributed by atoms with Gasteiger partial charge in [-0.3, -0.25) is 0 Å². The van der Waals surface area contributed by atoms with Crippen LogP contribution in [0, 0.1) is 23.7 Å². The van der Waals surface area contributed by atoms with Gasteiger partial charge in [-0.05, 0) is 30.1 Å². The van der Waals surface area contributed by atoms with E-state index in [-0.39, 0.29) is 0 Å². The Balaban J connectivity index is 2.36. The van der Waals surface area contributed by atoms with Crippen molar-refractivity contribution in [2.75, 3.05) is 0 Å². The molecule has 0 radical (unpaired) electrons. The topological polar surface area (TPSA) is 0 Å². The summed E-state index contributed by atoms with van der Waals surface area (Å²) in [6.07, 6.45) is 5.72. The highest BCUT2D eigenvalue weighted by atomic mass is 14.4. The molecular formula is C12H24. The van der Waals surface area contributed by atoms with Gasteiger partial charge >= 0.3 is 0 Å². The first-order valence-corrected chi connectivity index (χ1v) is 5.70. The third-order valence-electron chi connectivity index (χ3n) is 3.92. The maximum atomic E-state index is 2.43. The molecule has 0 aromatic carbocycles. The molecule has 1 aliphatic rings. The van der Waals surface area contributed by atoms with E-state index in [0.717, 1.165) is 23.7 Å². The van der Waals surface area contributed by atoms with Crippen LogP contribution in [-0.2, 0) is 0 Å². The molecule has 0 heterocycles. The van der Waals surface area contributed by atoms with Crippen LogP contribution >= 0.6 is 0 Å². The second-order valence-electron chi connectivity index (χ2n) is 4.71. The highest BCUT2D eigenvalue weighted by Gasteiger charge is 2.39. The summed E-state index contributed by atoms with van der Waals surface area (Å²) in [6, 6.07) is 0. The van der Waals surface area contributed by atoms with Gasteiger partial charge in [0.05, 0.1) is 0 Å². The van der Waals surface area contributed by atoms with E-state index in [9.17, 15) is 0 Å².